The number of aromatic nitrogens is 2. The molecule has 4 nitrogen and oxygen atoms in total. The highest BCUT2D eigenvalue weighted by atomic mass is 32.2. The Bertz CT molecular complexity index is 556. The Balaban J connectivity index is 2.07. The van der Waals surface area contributed by atoms with E-state index in [2.05, 4.69) is 29.4 Å². The van der Waals surface area contributed by atoms with Crippen molar-refractivity contribution in [2.75, 3.05) is 19.4 Å². The summed E-state index contributed by atoms with van der Waals surface area (Å²) in [6.07, 6.45) is 4.93. The number of rotatable bonds is 8. The number of thioether (sulfide) groups is 1. The topological polar surface area (TPSA) is 39.1 Å². The van der Waals surface area contributed by atoms with Crippen LogP contribution in [0.5, 0.6) is 5.75 Å². The minimum atomic E-state index is 0.293. The predicted molar refractivity (Wildman–Crippen MR) is 88.0 cm³/mol. The fraction of sp³-hybridized carbons (Fsp3) is 0.438. The summed E-state index contributed by atoms with van der Waals surface area (Å²) >= 11 is 1.77. The Morgan fingerprint density at radius 1 is 1.43 bits per heavy atom. The predicted octanol–water partition coefficient (Wildman–Crippen LogP) is 3.26. The summed E-state index contributed by atoms with van der Waals surface area (Å²) in [6, 6.07) is 8.56. The van der Waals surface area contributed by atoms with Crippen LogP contribution in [0.2, 0.25) is 0 Å². The first kappa shape index (κ1) is 15.9. The van der Waals surface area contributed by atoms with Gasteiger partial charge in [0.05, 0.1) is 7.11 Å². The van der Waals surface area contributed by atoms with Crippen LogP contribution in [-0.4, -0.2) is 29.0 Å². The number of methoxy groups -OCH3 is 1. The Labute approximate surface area is 130 Å². The van der Waals surface area contributed by atoms with Crippen LogP contribution in [0.3, 0.4) is 0 Å². The van der Waals surface area contributed by atoms with E-state index in [-0.39, 0.29) is 0 Å². The molecule has 1 aromatic carbocycles. The number of benzene rings is 1. The van der Waals surface area contributed by atoms with Crippen molar-refractivity contribution in [3.8, 4) is 5.75 Å². The van der Waals surface area contributed by atoms with Crippen molar-refractivity contribution >= 4 is 11.8 Å². The second-order valence-electron chi connectivity index (χ2n) is 4.92. The summed E-state index contributed by atoms with van der Waals surface area (Å²) in [4.78, 5) is 4.37. The number of nitrogens with zero attached hydrogens (tertiary/aromatic N) is 2. The van der Waals surface area contributed by atoms with Gasteiger partial charge in [-0.2, -0.15) is 0 Å². The highest BCUT2D eigenvalue weighted by Crippen LogP contribution is 2.25. The van der Waals surface area contributed by atoms with Crippen molar-refractivity contribution in [2.24, 2.45) is 7.05 Å². The van der Waals surface area contributed by atoms with Gasteiger partial charge in [0.15, 0.2) is 5.16 Å². The van der Waals surface area contributed by atoms with E-state index in [0.29, 0.717) is 6.04 Å². The van der Waals surface area contributed by atoms with Crippen LogP contribution in [-0.2, 0) is 7.05 Å². The van der Waals surface area contributed by atoms with Crippen LogP contribution >= 0.6 is 11.8 Å². The summed E-state index contributed by atoms with van der Waals surface area (Å²) in [5.41, 5.74) is 1.25. The molecule has 1 heterocycles. The third-order valence-corrected chi connectivity index (χ3v) is 4.44. The van der Waals surface area contributed by atoms with Gasteiger partial charge in [-0.3, -0.25) is 0 Å². The van der Waals surface area contributed by atoms with Crippen LogP contribution in [0.25, 0.3) is 0 Å². The molecule has 0 fully saturated rings. The van der Waals surface area contributed by atoms with E-state index in [1.165, 1.54) is 5.56 Å². The molecule has 1 unspecified atom stereocenters. The summed E-state index contributed by atoms with van der Waals surface area (Å²) in [6.45, 7) is 3.19. The zero-order valence-corrected chi connectivity index (χ0v) is 13.7. The summed E-state index contributed by atoms with van der Waals surface area (Å²) < 4.78 is 7.38. The van der Waals surface area contributed by atoms with Gasteiger partial charge in [0.25, 0.3) is 0 Å². The summed E-state index contributed by atoms with van der Waals surface area (Å²) in [5, 5.41) is 4.65. The number of hydrogen-bond donors (Lipinski definition) is 1. The highest BCUT2D eigenvalue weighted by Gasteiger charge is 2.13. The molecular weight excluding hydrogens is 282 g/mol. The second-order valence-corrected chi connectivity index (χ2v) is 5.90. The smallest absolute Gasteiger partial charge is 0.167 e. The molecule has 0 aliphatic rings. The normalized spacial score (nSPS) is 12.3. The molecule has 0 amide bonds. The van der Waals surface area contributed by atoms with Crippen molar-refractivity contribution in [2.45, 2.75) is 24.5 Å². The molecule has 0 aliphatic heterocycles. The number of aryl methyl sites for hydroxylation is 1. The molecule has 1 N–H and O–H groups in total. The molecule has 0 saturated carbocycles. The quantitative estimate of drug-likeness (QED) is 0.760. The van der Waals surface area contributed by atoms with Crippen LogP contribution in [0, 0.1) is 0 Å². The Hall–Kier alpha value is -1.46. The zero-order valence-electron chi connectivity index (χ0n) is 12.9. The fourth-order valence-corrected chi connectivity index (χ4v) is 3.12. The molecule has 21 heavy (non-hydrogen) atoms. The van der Waals surface area contributed by atoms with Gasteiger partial charge in [0.2, 0.25) is 0 Å². The third kappa shape index (κ3) is 4.51. The van der Waals surface area contributed by atoms with Crippen molar-refractivity contribution in [3.05, 3.63) is 42.2 Å². The number of hydrogen-bond acceptors (Lipinski definition) is 4. The molecule has 2 rings (SSSR count). The third-order valence-electron chi connectivity index (χ3n) is 3.29. The lowest BCUT2D eigenvalue weighted by atomic mass is 10.1. The molecule has 0 saturated heterocycles. The average molecular weight is 305 g/mol. The Morgan fingerprint density at radius 3 is 2.95 bits per heavy atom. The molecule has 0 radical (unpaired) electrons. The Morgan fingerprint density at radius 2 is 2.29 bits per heavy atom. The van der Waals surface area contributed by atoms with Crippen LogP contribution in [0.1, 0.15) is 24.9 Å². The van der Waals surface area contributed by atoms with Gasteiger partial charge >= 0.3 is 0 Å². The molecule has 0 aliphatic carbocycles. The van der Waals surface area contributed by atoms with Gasteiger partial charge in [0.1, 0.15) is 5.75 Å². The van der Waals surface area contributed by atoms with Crippen molar-refractivity contribution in [3.63, 3.8) is 0 Å². The first-order chi connectivity index (χ1) is 10.2. The van der Waals surface area contributed by atoms with E-state index in [1.54, 1.807) is 18.9 Å². The molecule has 1 aromatic heterocycles. The summed E-state index contributed by atoms with van der Waals surface area (Å²) in [7, 11) is 3.73. The molecule has 2 aromatic rings. The Kier molecular flexibility index (Phi) is 6.14. The minimum Gasteiger partial charge on any atom is -0.497 e. The lowest BCUT2D eigenvalue weighted by Crippen LogP contribution is -2.24. The van der Waals surface area contributed by atoms with Gasteiger partial charge in [-0.1, -0.05) is 30.8 Å². The minimum absolute atomic E-state index is 0.293. The van der Waals surface area contributed by atoms with Crippen molar-refractivity contribution < 1.29 is 4.74 Å². The molecule has 0 bridgehead atoms. The molecule has 114 valence electrons. The number of imidazole rings is 1. The van der Waals surface area contributed by atoms with Crippen molar-refractivity contribution in [1.29, 1.82) is 0 Å². The zero-order chi connectivity index (χ0) is 15.1. The molecule has 5 heteroatoms. The van der Waals surface area contributed by atoms with Gasteiger partial charge in [-0.15, -0.1) is 0 Å². The van der Waals surface area contributed by atoms with E-state index >= 15 is 0 Å². The summed E-state index contributed by atoms with van der Waals surface area (Å²) in [5.74, 6) is 1.84. The van der Waals surface area contributed by atoms with E-state index in [4.69, 9.17) is 4.74 Å². The van der Waals surface area contributed by atoms with E-state index in [0.717, 1.165) is 29.6 Å². The van der Waals surface area contributed by atoms with E-state index in [9.17, 15) is 0 Å². The van der Waals surface area contributed by atoms with Gasteiger partial charge in [-0.05, 0) is 30.7 Å². The standard InChI is InChI=1S/C16H23N3OS/c1-4-8-17-15(12-21-16-18-9-10-19(16)2)13-6-5-7-14(11-13)20-3/h5-7,9-11,15,17H,4,8,12H2,1-3H3. The number of nitrogens with one attached hydrogen (secondary N) is 1. The highest BCUT2D eigenvalue weighted by molar-refractivity contribution is 7.99. The SMILES string of the molecule is CCCNC(CSc1nccn1C)c1cccc(OC)c1. The lowest BCUT2D eigenvalue weighted by Gasteiger charge is -2.19. The average Bonchev–Trinajstić information content (AvgIpc) is 2.93. The van der Waals surface area contributed by atoms with Crippen LogP contribution < -0.4 is 10.1 Å². The largest absolute Gasteiger partial charge is 0.497 e. The first-order valence-electron chi connectivity index (χ1n) is 7.22. The lowest BCUT2D eigenvalue weighted by molar-refractivity contribution is 0.413. The van der Waals surface area contributed by atoms with Gasteiger partial charge < -0.3 is 14.6 Å². The number of ether oxygens (including phenoxy) is 1. The molecular formula is C16H23N3OS. The van der Waals surface area contributed by atoms with Gasteiger partial charge in [0, 0.05) is 31.2 Å². The fourth-order valence-electron chi connectivity index (χ4n) is 2.10. The molecule has 0 spiro atoms. The maximum atomic E-state index is 5.33. The van der Waals surface area contributed by atoms with Gasteiger partial charge in [-0.25, -0.2) is 4.98 Å². The monoisotopic (exact) mass is 305 g/mol. The van der Waals surface area contributed by atoms with E-state index < -0.39 is 0 Å². The molecule has 1 atom stereocenters. The van der Waals surface area contributed by atoms with E-state index in [1.807, 2.05) is 36.1 Å². The maximum Gasteiger partial charge on any atom is 0.167 e. The first-order valence-corrected chi connectivity index (χ1v) is 8.20. The van der Waals surface area contributed by atoms with Crippen LogP contribution in [0.15, 0.2) is 41.8 Å². The van der Waals surface area contributed by atoms with Crippen LogP contribution in [0.4, 0.5) is 0 Å². The van der Waals surface area contributed by atoms with Crippen molar-refractivity contribution in [1.82, 2.24) is 14.9 Å². The second kappa shape index (κ2) is 8.10. The maximum absolute atomic E-state index is 5.33.